The monoisotopic (exact) mass is 356 g/mol. The lowest BCUT2D eigenvalue weighted by Gasteiger charge is -2.25. The summed E-state index contributed by atoms with van der Waals surface area (Å²) in [6, 6.07) is 13.9. The molecule has 25 heavy (non-hydrogen) atoms. The number of aryl methyl sites for hydroxylation is 2. The van der Waals surface area contributed by atoms with Gasteiger partial charge in [0.15, 0.2) is 0 Å². The molecular formula is C20H24N2O2S. The molecule has 0 heterocycles. The van der Waals surface area contributed by atoms with Gasteiger partial charge >= 0.3 is 0 Å². The van der Waals surface area contributed by atoms with E-state index in [1.54, 1.807) is 32.7 Å². The zero-order chi connectivity index (χ0) is 18.6. The normalized spacial score (nSPS) is 11.1. The summed E-state index contributed by atoms with van der Waals surface area (Å²) < 4.78 is 0. The van der Waals surface area contributed by atoms with Crippen LogP contribution in [0.5, 0.6) is 0 Å². The lowest BCUT2D eigenvalue weighted by molar-refractivity contribution is -0.125. The number of rotatable bonds is 5. The zero-order valence-electron chi connectivity index (χ0n) is 15.3. The first-order valence-corrected chi connectivity index (χ1v) is 8.95. The smallest absolute Gasteiger partial charge is 0.253 e. The van der Waals surface area contributed by atoms with Crippen LogP contribution in [0.1, 0.15) is 35.3 Å². The third kappa shape index (κ3) is 4.63. The van der Waals surface area contributed by atoms with Crippen LogP contribution in [0.3, 0.4) is 0 Å². The Labute approximate surface area is 153 Å². The molecular weight excluding hydrogens is 332 g/mol. The van der Waals surface area contributed by atoms with E-state index in [2.05, 4.69) is 10.6 Å². The van der Waals surface area contributed by atoms with Crippen LogP contribution in [-0.4, -0.2) is 24.4 Å². The predicted molar refractivity (Wildman–Crippen MR) is 102 cm³/mol. The van der Waals surface area contributed by atoms with Crippen LogP contribution in [0.2, 0.25) is 0 Å². The average molecular weight is 356 g/mol. The van der Waals surface area contributed by atoms with Crippen LogP contribution < -0.4 is 10.6 Å². The highest BCUT2D eigenvalue weighted by Crippen LogP contribution is 2.33. The molecule has 0 radical (unpaired) electrons. The van der Waals surface area contributed by atoms with Gasteiger partial charge < -0.3 is 10.6 Å². The third-order valence-electron chi connectivity index (χ3n) is 3.86. The van der Waals surface area contributed by atoms with Crippen molar-refractivity contribution in [1.82, 2.24) is 10.6 Å². The highest BCUT2D eigenvalue weighted by Gasteiger charge is 2.30. The Balaban J connectivity index is 2.39. The van der Waals surface area contributed by atoms with Crippen molar-refractivity contribution in [2.45, 2.75) is 43.0 Å². The molecule has 132 valence electrons. The molecule has 0 aliphatic carbocycles. The maximum absolute atomic E-state index is 12.9. The van der Waals surface area contributed by atoms with Gasteiger partial charge in [0.25, 0.3) is 5.91 Å². The Morgan fingerprint density at radius 3 is 2.28 bits per heavy atom. The average Bonchev–Trinajstić information content (AvgIpc) is 2.53. The van der Waals surface area contributed by atoms with Crippen molar-refractivity contribution >= 4 is 23.6 Å². The third-order valence-corrected chi connectivity index (χ3v) is 4.91. The van der Waals surface area contributed by atoms with Gasteiger partial charge in [0.2, 0.25) is 5.91 Å². The number of hydrogen-bond donors (Lipinski definition) is 2. The number of nitrogens with one attached hydrogen (secondary N) is 2. The first-order valence-electron chi connectivity index (χ1n) is 8.13. The number of benzene rings is 2. The Morgan fingerprint density at radius 1 is 1.04 bits per heavy atom. The van der Waals surface area contributed by atoms with Gasteiger partial charge in [-0.05, 0) is 57.0 Å². The molecule has 0 saturated carbocycles. The fourth-order valence-corrected chi connectivity index (χ4v) is 3.78. The fourth-order valence-electron chi connectivity index (χ4n) is 2.63. The molecule has 4 nitrogen and oxygen atoms in total. The van der Waals surface area contributed by atoms with E-state index in [0.29, 0.717) is 5.56 Å². The van der Waals surface area contributed by atoms with Crippen LogP contribution >= 0.6 is 11.8 Å². The topological polar surface area (TPSA) is 58.2 Å². The second kappa shape index (κ2) is 7.74. The summed E-state index contributed by atoms with van der Waals surface area (Å²) in [6.07, 6.45) is 0. The van der Waals surface area contributed by atoms with Crippen molar-refractivity contribution in [3.05, 3.63) is 59.2 Å². The number of carbonyl (C=O) groups excluding carboxylic acids is 2. The van der Waals surface area contributed by atoms with Gasteiger partial charge in [-0.25, -0.2) is 0 Å². The van der Waals surface area contributed by atoms with Crippen molar-refractivity contribution in [3.8, 4) is 0 Å². The van der Waals surface area contributed by atoms with Crippen molar-refractivity contribution in [1.29, 1.82) is 0 Å². The van der Waals surface area contributed by atoms with Gasteiger partial charge in [-0.3, -0.25) is 9.59 Å². The van der Waals surface area contributed by atoms with E-state index in [-0.39, 0.29) is 11.8 Å². The Kier molecular flexibility index (Phi) is 5.90. The summed E-state index contributed by atoms with van der Waals surface area (Å²) in [4.78, 5) is 26.8. The molecule has 0 aliphatic heterocycles. The SMILES string of the molecule is CNC(=O)C(C)(C)NC(=O)c1c(C)cc(C)cc1Sc1ccccc1. The van der Waals surface area contributed by atoms with Gasteiger partial charge in [-0.15, -0.1) is 0 Å². The van der Waals surface area contributed by atoms with Crippen LogP contribution in [0.15, 0.2) is 52.3 Å². The summed E-state index contributed by atoms with van der Waals surface area (Å²) in [6.45, 7) is 7.32. The lowest BCUT2D eigenvalue weighted by Crippen LogP contribution is -2.54. The Hall–Kier alpha value is -2.27. The molecule has 0 spiro atoms. The standard InChI is InChI=1S/C20H24N2O2S/c1-13-11-14(2)17(18(23)22-20(3,4)19(24)21-5)16(12-13)25-15-9-7-6-8-10-15/h6-12H,1-5H3,(H,21,24)(H,22,23). The molecule has 0 bridgehead atoms. The molecule has 2 aromatic carbocycles. The van der Waals surface area contributed by atoms with E-state index in [1.165, 1.54) is 0 Å². The summed E-state index contributed by atoms with van der Waals surface area (Å²) >= 11 is 1.55. The molecule has 0 unspecified atom stereocenters. The molecule has 2 amide bonds. The van der Waals surface area contributed by atoms with E-state index in [1.807, 2.05) is 56.3 Å². The van der Waals surface area contributed by atoms with Gasteiger partial charge in [0.05, 0.1) is 5.56 Å². The fraction of sp³-hybridized carbons (Fsp3) is 0.300. The first-order chi connectivity index (χ1) is 11.7. The second-order valence-electron chi connectivity index (χ2n) is 6.53. The summed E-state index contributed by atoms with van der Waals surface area (Å²) in [5.41, 5.74) is 1.61. The minimum Gasteiger partial charge on any atom is -0.357 e. The Morgan fingerprint density at radius 2 is 1.68 bits per heavy atom. The van der Waals surface area contributed by atoms with Crippen LogP contribution in [-0.2, 0) is 4.79 Å². The van der Waals surface area contributed by atoms with Gasteiger partial charge in [-0.2, -0.15) is 0 Å². The number of likely N-dealkylation sites (N-methyl/N-ethyl adjacent to an activating group) is 1. The summed E-state index contributed by atoms with van der Waals surface area (Å²) in [7, 11) is 1.56. The highest BCUT2D eigenvalue weighted by atomic mass is 32.2. The van der Waals surface area contributed by atoms with Gasteiger partial charge in [0, 0.05) is 16.8 Å². The summed E-state index contributed by atoms with van der Waals surface area (Å²) in [5, 5.41) is 5.43. The maximum Gasteiger partial charge on any atom is 0.253 e. The lowest BCUT2D eigenvalue weighted by atomic mass is 10.0. The van der Waals surface area contributed by atoms with Crippen LogP contribution in [0.25, 0.3) is 0 Å². The number of amides is 2. The predicted octanol–water partition coefficient (Wildman–Crippen LogP) is 3.71. The van der Waals surface area contributed by atoms with E-state index >= 15 is 0 Å². The van der Waals surface area contributed by atoms with E-state index < -0.39 is 5.54 Å². The van der Waals surface area contributed by atoms with Gasteiger partial charge in [-0.1, -0.05) is 36.0 Å². The van der Waals surface area contributed by atoms with E-state index in [9.17, 15) is 9.59 Å². The minimum atomic E-state index is -0.988. The molecule has 5 heteroatoms. The molecule has 0 aromatic heterocycles. The summed E-state index contributed by atoms with van der Waals surface area (Å²) in [5.74, 6) is -0.479. The molecule has 2 aromatic rings. The van der Waals surface area contributed by atoms with Crippen LogP contribution in [0.4, 0.5) is 0 Å². The quantitative estimate of drug-likeness (QED) is 0.859. The molecule has 0 aliphatic rings. The Bertz CT molecular complexity index is 786. The molecule has 0 saturated heterocycles. The van der Waals surface area contributed by atoms with Crippen molar-refractivity contribution in [2.75, 3.05) is 7.05 Å². The first kappa shape index (κ1) is 19.1. The zero-order valence-corrected chi connectivity index (χ0v) is 16.1. The van der Waals surface area contributed by atoms with Crippen LogP contribution in [0, 0.1) is 13.8 Å². The second-order valence-corrected chi connectivity index (χ2v) is 7.64. The highest BCUT2D eigenvalue weighted by molar-refractivity contribution is 7.99. The largest absolute Gasteiger partial charge is 0.357 e. The van der Waals surface area contributed by atoms with E-state index in [4.69, 9.17) is 0 Å². The number of hydrogen-bond acceptors (Lipinski definition) is 3. The van der Waals surface area contributed by atoms with E-state index in [0.717, 1.165) is 20.9 Å². The minimum absolute atomic E-state index is 0.233. The maximum atomic E-state index is 12.9. The van der Waals surface area contributed by atoms with Crippen molar-refractivity contribution in [3.63, 3.8) is 0 Å². The van der Waals surface area contributed by atoms with Crippen molar-refractivity contribution < 1.29 is 9.59 Å². The molecule has 0 atom stereocenters. The molecule has 2 N–H and O–H groups in total. The van der Waals surface area contributed by atoms with Crippen molar-refractivity contribution in [2.24, 2.45) is 0 Å². The molecule has 0 fully saturated rings. The van der Waals surface area contributed by atoms with Gasteiger partial charge in [0.1, 0.15) is 5.54 Å². The molecule has 2 rings (SSSR count). The number of carbonyl (C=O) groups is 2.